The average molecular weight is 342 g/mol. The zero-order valence-electron chi connectivity index (χ0n) is 13.3. The number of benzene rings is 1. The standard InChI is InChI=1S/C16H21ClFN3O2/c1-20-8-4-5-11(9-20)10-21(2)16(23)15(22)19-13-7-3-6-12(17)14(13)18/h3,6-7,11H,4-5,8-10H2,1-2H3,(H,19,22)/t11-/m0/s1. The summed E-state index contributed by atoms with van der Waals surface area (Å²) >= 11 is 5.66. The summed E-state index contributed by atoms with van der Waals surface area (Å²) in [5.41, 5.74) is -0.0957. The van der Waals surface area contributed by atoms with Crippen LogP contribution in [0.25, 0.3) is 0 Å². The van der Waals surface area contributed by atoms with Crippen LogP contribution in [0.15, 0.2) is 18.2 Å². The molecule has 0 bridgehead atoms. The highest BCUT2D eigenvalue weighted by molar-refractivity contribution is 6.39. The van der Waals surface area contributed by atoms with Crippen molar-refractivity contribution in [2.45, 2.75) is 12.8 Å². The summed E-state index contributed by atoms with van der Waals surface area (Å²) in [5.74, 6) is -1.94. The molecule has 1 N–H and O–H groups in total. The van der Waals surface area contributed by atoms with E-state index >= 15 is 0 Å². The quantitative estimate of drug-likeness (QED) is 0.858. The third kappa shape index (κ3) is 4.65. The van der Waals surface area contributed by atoms with E-state index in [1.54, 1.807) is 7.05 Å². The van der Waals surface area contributed by atoms with Crippen molar-refractivity contribution in [3.05, 3.63) is 29.0 Å². The molecule has 1 fully saturated rings. The molecule has 0 spiro atoms. The summed E-state index contributed by atoms with van der Waals surface area (Å²) in [7, 11) is 3.63. The number of halogens is 2. The summed E-state index contributed by atoms with van der Waals surface area (Å²) in [6, 6.07) is 4.25. The number of rotatable bonds is 3. The van der Waals surface area contributed by atoms with Crippen LogP contribution < -0.4 is 5.32 Å². The van der Waals surface area contributed by atoms with Gasteiger partial charge in [0.2, 0.25) is 0 Å². The Morgan fingerprint density at radius 2 is 2.22 bits per heavy atom. The Balaban J connectivity index is 1.93. The molecule has 0 unspecified atom stereocenters. The minimum atomic E-state index is -0.863. The summed E-state index contributed by atoms with van der Waals surface area (Å²) in [6.45, 7) is 2.47. The van der Waals surface area contributed by atoms with Crippen LogP contribution in [-0.2, 0) is 9.59 Å². The van der Waals surface area contributed by atoms with Gasteiger partial charge >= 0.3 is 11.8 Å². The van der Waals surface area contributed by atoms with E-state index in [1.807, 2.05) is 7.05 Å². The molecule has 0 radical (unpaired) electrons. The topological polar surface area (TPSA) is 52.7 Å². The molecule has 1 atom stereocenters. The van der Waals surface area contributed by atoms with Gasteiger partial charge in [0, 0.05) is 20.1 Å². The highest BCUT2D eigenvalue weighted by atomic mass is 35.5. The Morgan fingerprint density at radius 1 is 1.48 bits per heavy atom. The van der Waals surface area contributed by atoms with Gasteiger partial charge in [0.25, 0.3) is 0 Å². The van der Waals surface area contributed by atoms with Crippen molar-refractivity contribution in [3.63, 3.8) is 0 Å². The first-order chi connectivity index (χ1) is 10.9. The molecule has 1 heterocycles. The molecule has 1 aliphatic rings. The molecule has 1 saturated heterocycles. The molecule has 0 saturated carbocycles. The van der Waals surface area contributed by atoms with E-state index in [9.17, 15) is 14.0 Å². The second-order valence-electron chi connectivity index (χ2n) is 6.01. The van der Waals surface area contributed by atoms with E-state index < -0.39 is 17.6 Å². The SMILES string of the molecule is CN1CCC[C@H](CN(C)C(=O)C(=O)Nc2cccc(Cl)c2F)C1. The smallest absolute Gasteiger partial charge is 0.313 e. The van der Waals surface area contributed by atoms with Crippen molar-refractivity contribution in [3.8, 4) is 0 Å². The molecule has 5 nitrogen and oxygen atoms in total. The largest absolute Gasteiger partial charge is 0.337 e. The van der Waals surface area contributed by atoms with E-state index in [0.29, 0.717) is 12.5 Å². The Hall–Kier alpha value is -1.66. The van der Waals surface area contributed by atoms with Crippen molar-refractivity contribution in [1.29, 1.82) is 0 Å². The van der Waals surface area contributed by atoms with E-state index in [0.717, 1.165) is 25.9 Å². The second-order valence-corrected chi connectivity index (χ2v) is 6.42. The number of anilines is 1. The van der Waals surface area contributed by atoms with Gasteiger partial charge < -0.3 is 15.1 Å². The zero-order valence-corrected chi connectivity index (χ0v) is 14.1. The maximum absolute atomic E-state index is 13.8. The molecule has 1 aromatic carbocycles. The zero-order chi connectivity index (χ0) is 17.0. The lowest BCUT2D eigenvalue weighted by molar-refractivity contribution is -0.142. The van der Waals surface area contributed by atoms with Gasteiger partial charge in [-0.3, -0.25) is 9.59 Å². The summed E-state index contributed by atoms with van der Waals surface area (Å²) in [6.07, 6.45) is 2.12. The lowest BCUT2D eigenvalue weighted by Crippen LogP contribution is -2.43. The number of amides is 2. The minimum absolute atomic E-state index is 0.0957. The Labute approximate surface area is 140 Å². The van der Waals surface area contributed by atoms with Gasteiger partial charge in [-0.1, -0.05) is 17.7 Å². The molecule has 1 aliphatic heterocycles. The monoisotopic (exact) mass is 341 g/mol. The number of likely N-dealkylation sites (N-methyl/N-ethyl adjacent to an activating group) is 1. The number of carbonyl (C=O) groups is 2. The summed E-state index contributed by atoms with van der Waals surface area (Å²) in [5, 5.41) is 2.17. The molecular weight excluding hydrogens is 321 g/mol. The van der Waals surface area contributed by atoms with E-state index in [1.165, 1.54) is 23.1 Å². The van der Waals surface area contributed by atoms with Gasteiger partial charge in [-0.15, -0.1) is 0 Å². The van der Waals surface area contributed by atoms with Crippen molar-refractivity contribution >= 4 is 29.1 Å². The number of hydrogen-bond donors (Lipinski definition) is 1. The number of likely N-dealkylation sites (tertiary alicyclic amines) is 1. The van der Waals surface area contributed by atoms with Gasteiger partial charge in [-0.25, -0.2) is 4.39 Å². The lowest BCUT2D eigenvalue weighted by Gasteiger charge is -2.32. The number of carbonyl (C=O) groups excluding carboxylic acids is 2. The summed E-state index contributed by atoms with van der Waals surface area (Å²) in [4.78, 5) is 27.8. The maximum atomic E-state index is 13.8. The van der Waals surface area contributed by atoms with E-state index in [4.69, 9.17) is 11.6 Å². The predicted octanol–water partition coefficient (Wildman–Crippen LogP) is 2.22. The van der Waals surface area contributed by atoms with Crippen molar-refractivity contribution < 1.29 is 14.0 Å². The van der Waals surface area contributed by atoms with Gasteiger partial charge in [0.1, 0.15) is 0 Å². The number of nitrogens with one attached hydrogen (secondary N) is 1. The van der Waals surface area contributed by atoms with Gasteiger partial charge in [-0.05, 0) is 44.5 Å². The first-order valence-corrected chi connectivity index (χ1v) is 7.95. The number of hydrogen-bond acceptors (Lipinski definition) is 3. The first-order valence-electron chi connectivity index (χ1n) is 7.57. The normalized spacial score (nSPS) is 18.5. The molecule has 23 heavy (non-hydrogen) atoms. The van der Waals surface area contributed by atoms with E-state index in [2.05, 4.69) is 10.2 Å². The molecule has 7 heteroatoms. The second kappa shape index (κ2) is 7.75. The Kier molecular flexibility index (Phi) is 5.96. The predicted molar refractivity (Wildman–Crippen MR) is 87.9 cm³/mol. The van der Waals surface area contributed by atoms with Crippen LogP contribution in [0.5, 0.6) is 0 Å². The van der Waals surface area contributed by atoms with Crippen LogP contribution in [-0.4, -0.2) is 55.3 Å². The van der Waals surface area contributed by atoms with Crippen molar-refractivity contribution in [1.82, 2.24) is 9.80 Å². The van der Waals surface area contributed by atoms with Crippen molar-refractivity contribution in [2.24, 2.45) is 5.92 Å². The molecule has 0 aliphatic carbocycles. The van der Waals surface area contributed by atoms with Crippen LogP contribution >= 0.6 is 11.6 Å². The highest BCUT2D eigenvalue weighted by Gasteiger charge is 2.25. The van der Waals surface area contributed by atoms with Crippen LogP contribution in [0.4, 0.5) is 10.1 Å². The molecule has 126 valence electrons. The third-order valence-corrected chi connectivity index (χ3v) is 4.29. The number of nitrogens with zero attached hydrogens (tertiary/aromatic N) is 2. The molecule has 1 aromatic rings. The van der Waals surface area contributed by atoms with Crippen LogP contribution in [0.1, 0.15) is 12.8 Å². The first kappa shape index (κ1) is 17.7. The molecule has 2 rings (SSSR count). The van der Waals surface area contributed by atoms with Gasteiger partial charge in [-0.2, -0.15) is 0 Å². The minimum Gasteiger partial charge on any atom is -0.337 e. The molecule has 2 amide bonds. The lowest BCUT2D eigenvalue weighted by atomic mass is 9.98. The fourth-order valence-electron chi connectivity index (χ4n) is 2.84. The Morgan fingerprint density at radius 3 is 2.91 bits per heavy atom. The fourth-order valence-corrected chi connectivity index (χ4v) is 3.02. The van der Waals surface area contributed by atoms with Gasteiger partial charge in [0.05, 0.1) is 10.7 Å². The molecular formula is C16H21ClFN3O2. The van der Waals surface area contributed by atoms with Crippen LogP contribution in [0.3, 0.4) is 0 Å². The average Bonchev–Trinajstić information content (AvgIpc) is 2.51. The van der Waals surface area contributed by atoms with Crippen LogP contribution in [0.2, 0.25) is 5.02 Å². The van der Waals surface area contributed by atoms with Gasteiger partial charge in [0.15, 0.2) is 5.82 Å². The van der Waals surface area contributed by atoms with Crippen molar-refractivity contribution in [2.75, 3.05) is 39.0 Å². The fraction of sp³-hybridized carbons (Fsp3) is 0.500. The summed E-state index contributed by atoms with van der Waals surface area (Å²) < 4.78 is 13.8. The molecule has 0 aromatic heterocycles. The highest BCUT2D eigenvalue weighted by Crippen LogP contribution is 2.22. The third-order valence-electron chi connectivity index (χ3n) is 3.99. The number of piperidine rings is 1. The van der Waals surface area contributed by atoms with Crippen LogP contribution in [0, 0.1) is 11.7 Å². The maximum Gasteiger partial charge on any atom is 0.313 e. The van der Waals surface area contributed by atoms with E-state index in [-0.39, 0.29) is 10.7 Å². The Bertz CT molecular complexity index is 597.